The van der Waals surface area contributed by atoms with E-state index >= 15 is 0 Å². The summed E-state index contributed by atoms with van der Waals surface area (Å²) in [6, 6.07) is 5.71. The Hall–Kier alpha value is -3.06. The van der Waals surface area contributed by atoms with Crippen LogP contribution in [0.25, 0.3) is 0 Å². The van der Waals surface area contributed by atoms with Gasteiger partial charge in [0.2, 0.25) is 0 Å². The van der Waals surface area contributed by atoms with Gasteiger partial charge in [0.25, 0.3) is 5.56 Å². The third-order valence-electron chi connectivity index (χ3n) is 4.89. The molecule has 0 amide bonds. The van der Waals surface area contributed by atoms with Crippen LogP contribution in [0.4, 0.5) is 5.69 Å². The number of esters is 1. The van der Waals surface area contributed by atoms with Crippen molar-refractivity contribution >= 4 is 11.7 Å². The number of carbonyl (C=O) groups excluding carboxylic acids is 1. The zero-order valence-corrected chi connectivity index (χ0v) is 16.5. The van der Waals surface area contributed by atoms with Crippen LogP contribution in [0.1, 0.15) is 35.1 Å². The molecule has 1 aliphatic rings. The fourth-order valence-electron chi connectivity index (χ4n) is 3.57. The number of methoxy groups -OCH3 is 1. The van der Waals surface area contributed by atoms with Gasteiger partial charge in [0, 0.05) is 24.0 Å². The maximum absolute atomic E-state index is 12.9. The summed E-state index contributed by atoms with van der Waals surface area (Å²) < 4.78 is 10.9. The maximum Gasteiger partial charge on any atom is 0.336 e. The molecular weight excluding hydrogens is 358 g/mol. The van der Waals surface area contributed by atoms with Crippen LogP contribution in [0.5, 0.6) is 5.75 Å². The first kappa shape index (κ1) is 19.7. The predicted molar refractivity (Wildman–Crippen MR) is 108 cm³/mol. The first-order chi connectivity index (χ1) is 13.4. The van der Waals surface area contributed by atoms with E-state index in [0.29, 0.717) is 28.3 Å². The topological polar surface area (TPSA) is 106 Å². The lowest BCUT2D eigenvalue weighted by atomic mass is 9.80. The fourth-order valence-corrected chi connectivity index (χ4v) is 3.57. The van der Waals surface area contributed by atoms with Gasteiger partial charge >= 0.3 is 5.97 Å². The summed E-state index contributed by atoms with van der Waals surface area (Å²) in [6.07, 6.45) is 1.66. The lowest BCUT2D eigenvalue weighted by Crippen LogP contribution is -2.31. The third kappa shape index (κ3) is 3.41. The van der Waals surface area contributed by atoms with Gasteiger partial charge in [-0.3, -0.25) is 4.79 Å². The van der Waals surface area contributed by atoms with E-state index < -0.39 is 11.9 Å². The Balaban J connectivity index is 2.29. The number of aryl methyl sites for hydroxylation is 2. The summed E-state index contributed by atoms with van der Waals surface area (Å²) in [4.78, 5) is 28.5. The van der Waals surface area contributed by atoms with Gasteiger partial charge in [0.1, 0.15) is 12.4 Å². The Labute approximate surface area is 163 Å². The van der Waals surface area contributed by atoms with Gasteiger partial charge < -0.3 is 25.5 Å². The first-order valence-corrected chi connectivity index (χ1v) is 9.10. The molecule has 1 unspecified atom stereocenters. The lowest BCUT2D eigenvalue weighted by molar-refractivity contribution is -0.139. The molecular formula is C21H25N3O4. The molecule has 2 heterocycles. The molecule has 0 saturated heterocycles. The average Bonchev–Trinajstić information content (AvgIpc) is 2.68. The molecule has 1 atom stereocenters. The number of carbonyl (C=O) groups is 1. The van der Waals surface area contributed by atoms with Crippen LogP contribution in [-0.2, 0) is 9.53 Å². The number of nitrogens with two attached hydrogens (primary N) is 1. The van der Waals surface area contributed by atoms with E-state index in [4.69, 9.17) is 15.2 Å². The minimum absolute atomic E-state index is 0.102. The zero-order valence-electron chi connectivity index (χ0n) is 16.5. The Morgan fingerprint density at radius 1 is 1.25 bits per heavy atom. The van der Waals surface area contributed by atoms with Crippen LogP contribution in [0, 0.1) is 13.8 Å². The number of fused-ring (bicyclic) bond motifs is 1. The van der Waals surface area contributed by atoms with Gasteiger partial charge in [0.05, 0.1) is 29.9 Å². The van der Waals surface area contributed by atoms with Crippen molar-refractivity contribution in [3.63, 3.8) is 0 Å². The van der Waals surface area contributed by atoms with Crippen molar-refractivity contribution in [2.45, 2.75) is 26.7 Å². The number of anilines is 1. The summed E-state index contributed by atoms with van der Waals surface area (Å²) in [7, 11) is 1.57. The van der Waals surface area contributed by atoms with Crippen molar-refractivity contribution in [2.75, 3.05) is 25.6 Å². The number of benzene rings is 1. The maximum atomic E-state index is 12.9. The number of allylic oxidation sites excluding steroid dienone is 1. The molecule has 0 saturated carbocycles. The van der Waals surface area contributed by atoms with Crippen LogP contribution >= 0.6 is 0 Å². The number of hydrogen-bond donors (Lipinski definition) is 3. The third-order valence-corrected chi connectivity index (χ3v) is 4.89. The number of ether oxygens (including phenoxy) is 2. The quantitative estimate of drug-likeness (QED) is 0.684. The molecule has 0 radical (unpaired) electrons. The van der Waals surface area contributed by atoms with E-state index in [9.17, 15) is 9.59 Å². The molecule has 0 spiro atoms. The van der Waals surface area contributed by atoms with Crippen LogP contribution in [-0.4, -0.2) is 31.2 Å². The van der Waals surface area contributed by atoms with Crippen molar-refractivity contribution in [3.05, 3.63) is 68.3 Å². The number of aromatic amines is 1. The Morgan fingerprint density at radius 3 is 2.68 bits per heavy atom. The summed E-state index contributed by atoms with van der Waals surface area (Å²) in [5, 5.41) is 3.21. The molecule has 148 valence electrons. The van der Waals surface area contributed by atoms with Crippen LogP contribution in [0.15, 0.2) is 40.5 Å². The summed E-state index contributed by atoms with van der Waals surface area (Å²) in [5.41, 5.74) is 10.0. The highest BCUT2D eigenvalue weighted by atomic mass is 16.5. The molecule has 28 heavy (non-hydrogen) atoms. The molecule has 0 aliphatic carbocycles. The van der Waals surface area contributed by atoms with E-state index in [0.717, 1.165) is 16.7 Å². The smallest absolute Gasteiger partial charge is 0.336 e. The van der Waals surface area contributed by atoms with Crippen molar-refractivity contribution in [3.8, 4) is 5.75 Å². The Morgan fingerprint density at radius 2 is 2.00 bits per heavy atom. The second-order valence-corrected chi connectivity index (χ2v) is 6.86. The Bertz CT molecular complexity index is 1010. The first-order valence-electron chi connectivity index (χ1n) is 9.10. The van der Waals surface area contributed by atoms with E-state index in [1.54, 1.807) is 20.2 Å². The molecule has 2 aromatic rings. The minimum Gasteiger partial charge on any atom is -0.496 e. The highest BCUT2D eigenvalue weighted by Crippen LogP contribution is 2.44. The number of aromatic nitrogens is 1. The average molecular weight is 383 g/mol. The molecule has 7 heteroatoms. The number of nitrogens with one attached hydrogen (secondary N) is 2. The van der Waals surface area contributed by atoms with E-state index in [2.05, 4.69) is 10.3 Å². The van der Waals surface area contributed by atoms with Gasteiger partial charge in [-0.05, 0) is 38.0 Å². The van der Waals surface area contributed by atoms with Gasteiger partial charge in [-0.25, -0.2) is 4.79 Å². The second-order valence-electron chi connectivity index (χ2n) is 6.86. The summed E-state index contributed by atoms with van der Waals surface area (Å²) in [6.45, 7) is 5.98. The largest absolute Gasteiger partial charge is 0.496 e. The van der Waals surface area contributed by atoms with Crippen LogP contribution < -0.4 is 21.3 Å². The number of pyridine rings is 1. The highest BCUT2D eigenvalue weighted by Gasteiger charge is 2.37. The van der Waals surface area contributed by atoms with Gasteiger partial charge in [0.15, 0.2) is 0 Å². The lowest BCUT2D eigenvalue weighted by Gasteiger charge is -2.31. The van der Waals surface area contributed by atoms with Crippen molar-refractivity contribution in [1.29, 1.82) is 0 Å². The molecule has 1 aromatic heterocycles. The zero-order chi connectivity index (χ0) is 20.4. The van der Waals surface area contributed by atoms with Gasteiger partial charge in [-0.1, -0.05) is 12.1 Å². The van der Waals surface area contributed by atoms with Crippen LogP contribution in [0.3, 0.4) is 0 Å². The van der Waals surface area contributed by atoms with E-state index in [1.807, 2.05) is 32.0 Å². The predicted octanol–water partition coefficient (Wildman–Crippen LogP) is 2.33. The molecule has 7 nitrogen and oxygen atoms in total. The van der Waals surface area contributed by atoms with Gasteiger partial charge in [-0.2, -0.15) is 0 Å². The SMILES string of the molecule is COc1cc(C)ccc1C1C(C(=O)OCCN)=C(C)Nc2c(C)c[nH]c(=O)c21. The van der Waals surface area contributed by atoms with Crippen molar-refractivity contribution in [1.82, 2.24) is 4.98 Å². The molecule has 0 bridgehead atoms. The number of H-pyrrole nitrogens is 1. The summed E-state index contributed by atoms with van der Waals surface area (Å²) >= 11 is 0. The minimum atomic E-state index is -0.624. The standard InChI is InChI=1S/C21H25N3O4/c1-11-5-6-14(15(9-11)27-4)17-16(21(26)28-8-7-22)13(3)24-19-12(2)10-23-20(25)18(17)19/h5-6,9-10,17,24H,7-8,22H2,1-4H3,(H,23,25). The molecule has 4 N–H and O–H groups in total. The van der Waals surface area contributed by atoms with E-state index in [-0.39, 0.29) is 18.7 Å². The molecule has 1 aromatic carbocycles. The van der Waals surface area contributed by atoms with Crippen LogP contribution in [0.2, 0.25) is 0 Å². The fraction of sp³-hybridized carbons (Fsp3) is 0.333. The van der Waals surface area contributed by atoms with Crippen molar-refractivity contribution < 1.29 is 14.3 Å². The molecule has 1 aliphatic heterocycles. The second kappa shape index (κ2) is 7.90. The van der Waals surface area contributed by atoms with E-state index in [1.165, 1.54) is 0 Å². The molecule has 3 rings (SSSR count). The number of hydrogen-bond acceptors (Lipinski definition) is 6. The van der Waals surface area contributed by atoms with Crippen molar-refractivity contribution in [2.24, 2.45) is 5.73 Å². The number of rotatable bonds is 5. The Kier molecular flexibility index (Phi) is 5.56. The summed E-state index contributed by atoms with van der Waals surface area (Å²) in [5.74, 6) is -0.522. The monoisotopic (exact) mass is 383 g/mol. The highest BCUT2D eigenvalue weighted by molar-refractivity contribution is 5.95. The van der Waals surface area contributed by atoms with Gasteiger partial charge in [-0.15, -0.1) is 0 Å². The molecule has 0 fully saturated rings. The normalized spacial score (nSPS) is 15.7.